The van der Waals surface area contributed by atoms with E-state index in [0.29, 0.717) is 5.56 Å². The number of carbonyl (C=O) groups excluding carboxylic acids is 11. The number of ketones is 2. The van der Waals surface area contributed by atoms with E-state index in [1.54, 1.807) is 84.0 Å². The number of hydrogen-bond acceptors (Lipinski definition) is 19. The van der Waals surface area contributed by atoms with Crippen molar-refractivity contribution < 1.29 is 96.1 Å². The lowest BCUT2D eigenvalue weighted by Crippen LogP contribution is -2.77. The molecule has 7 rings (SSSR count). The zero-order valence-electron chi connectivity index (χ0n) is 55.5. The summed E-state index contributed by atoms with van der Waals surface area (Å²) in [7, 11) is 0. The molecule has 0 aromatic heterocycles. The van der Waals surface area contributed by atoms with Gasteiger partial charge in [0.25, 0.3) is 0 Å². The molecule has 4 aliphatic rings. The van der Waals surface area contributed by atoms with Crippen LogP contribution in [0.1, 0.15) is 154 Å². The number of primary amides is 2. The molecule has 3 fully saturated rings. The average molecular weight is 1340 g/mol. The molecule has 0 spiro atoms. The Hall–Kier alpha value is -8.72. The van der Waals surface area contributed by atoms with Crippen molar-refractivity contribution in [3.8, 4) is 0 Å². The molecular formula is C70H89FN6O19. The second kappa shape index (κ2) is 31.0. The van der Waals surface area contributed by atoms with Gasteiger partial charge in [-0.1, -0.05) is 81.4 Å². The molecule has 26 heteroatoms. The summed E-state index contributed by atoms with van der Waals surface area (Å²) in [5.41, 5.74) is 3.97. The molecule has 96 heavy (non-hydrogen) atoms. The molecule has 0 radical (unpaired) electrons. The van der Waals surface area contributed by atoms with Crippen LogP contribution in [-0.4, -0.2) is 153 Å². The number of nitrogens with two attached hydrogens (primary N) is 2. The molecule has 14 atom stereocenters. The molecule has 3 aliphatic carbocycles. The molecule has 2 unspecified atom stereocenters. The first kappa shape index (κ1) is 74.7. The van der Waals surface area contributed by atoms with E-state index in [1.165, 1.54) is 69.3 Å². The molecular weight excluding hydrogens is 1250 g/mol. The van der Waals surface area contributed by atoms with Gasteiger partial charge in [-0.2, -0.15) is 0 Å². The van der Waals surface area contributed by atoms with Crippen LogP contribution in [0.5, 0.6) is 0 Å². The third kappa shape index (κ3) is 17.3. The second-order valence-corrected chi connectivity index (χ2v) is 27.3. The van der Waals surface area contributed by atoms with Crippen molar-refractivity contribution in [2.75, 3.05) is 13.2 Å². The van der Waals surface area contributed by atoms with Gasteiger partial charge in [-0.15, -0.1) is 0 Å². The summed E-state index contributed by atoms with van der Waals surface area (Å²) < 4.78 is 43.8. The smallest absolute Gasteiger partial charge is 0.408 e. The first-order valence-corrected chi connectivity index (χ1v) is 32.1. The lowest BCUT2D eigenvalue weighted by atomic mass is 9.42. The van der Waals surface area contributed by atoms with Crippen molar-refractivity contribution in [1.82, 2.24) is 21.3 Å². The van der Waals surface area contributed by atoms with Crippen molar-refractivity contribution in [2.45, 2.75) is 192 Å². The van der Waals surface area contributed by atoms with Crippen LogP contribution >= 0.6 is 0 Å². The summed E-state index contributed by atoms with van der Waals surface area (Å²) in [4.78, 5) is 149. The predicted molar refractivity (Wildman–Crippen MR) is 343 cm³/mol. The van der Waals surface area contributed by atoms with Crippen molar-refractivity contribution in [3.05, 3.63) is 125 Å². The van der Waals surface area contributed by atoms with Gasteiger partial charge in [0.1, 0.15) is 47.4 Å². The average Bonchev–Trinajstić information content (AvgIpc) is 0.675. The standard InChI is InChI=1S/C70H89FN6O19/c1-38-47(36-70(91)60(95-63(88)42-22-14-11-15-23-42)58-68(8)37-92-49(68)35-48(79)69(58,9)59(85)56(84)54(38)67(70,6)7)93-64(89)57(55(41-20-12-10-13-21-41)77-65(90)96-66(3,4)5)94-53(83)31-30-50(80)74-32-17-16-25-45(62(73)87)76-52(82)29-27-43(61(72)86)34-46(78)39(2)75-51(81)28-26-40-19-18-24-44(71)33-40/h10-15,18-24,26,28,33,39,43,45,47-49,55-58,60,79,84,91H,16-17,25,27,29-32,34-37H2,1-9H3,(H2,72,86)(H2,73,87)(H,74,80)(H,75,81)(H,76,82)(H,77,90)/b28-26+/t39?,43-,45?,47+,48+,49-,55-,56-,57-,58-,60+,68-,69-,70-/m1/s1. The molecule has 3 aromatic carbocycles. The lowest BCUT2D eigenvalue weighted by Gasteiger charge is -2.68. The molecule has 3 aromatic rings. The first-order valence-electron chi connectivity index (χ1n) is 32.1. The van der Waals surface area contributed by atoms with Crippen LogP contribution in [0.15, 0.2) is 102 Å². The minimum Gasteiger partial charge on any atom is -0.455 e. The summed E-state index contributed by atoms with van der Waals surface area (Å²) in [6, 6.07) is 17.5. The van der Waals surface area contributed by atoms with Gasteiger partial charge in [0.15, 0.2) is 11.6 Å². The third-order valence-corrected chi connectivity index (χ3v) is 19.1. The zero-order chi connectivity index (χ0) is 70.8. The van der Waals surface area contributed by atoms with Crippen LogP contribution in [-0.2, 0) is 66.8 Å². The highest BCUT2D eigenvalue weighted by Gasteiger charge is 2.75. The van der Waals surface area contributed by atoms with Gasteiger partial charge in [0, 0.05) is 67.4 Å². The third-order valence-electron chi connectivity index (χ3n) is 19.1. The predicted octanol–water partition coefficient (Wildman–Crippen LogP) is 4.75. The molecule has 25 nitrogen and oxygen atoms in total. The van der Waals surface area contributed by atoms with Gasteiger partial charge < -0.3 is 71.7 Å². The minimum atomic E-state index is -2.33. The number of esters is 3. The zero-order valence-corrected chi connectivity index (χ0v) is 55.5. The summed E-state index contributed by atoms with van der Waals surface area (Å²) in [5, 5.41) is 48.5. The van der Waals surface area contributed by atoms with Crippen LogP contribution in [0.4, 0.5) is 9.18 Å². The van der Waals surface area contributed by atoms with Crippen LogP contribution in [0.2, 0.25) is 0 Å². The highest BCUT2D eigenvalue weighted by Crippen LogP contribution is 2.66. The Balaban J connectivity index is 1.02. The molecule has 1 saturated heterocycles. The lowest BCUT2D eigenvalue weighted by molar-refractivity contribution is -0.313. The number of nitrogens with one attached hydrogen (secondary N) is 4. The molecule has 11 N–H and O–H groups in total. The Kier molecular flexibility index (Phi) is 24.1. The van der Waals surface area contributed by atoms with Gasteiger partial charge in [-0.05, 0) is 120 Å². The van der Waals surface area contributed by atoms with Gasteiger partial charge >= 0.3 is 24.0 Å². The highest BCUT2D eigenvalue weighted by molar-refractivity contribution is 5.97. The maximum absolute atomic E-state index is 15.3. The number of rotatable bonds is 28. The van der Waals surface area contributed by atoms with Crippen molar-refractivity contribution >= 4 is 71.2 Å². The Morgan fingerprint density at radius 1 is 0.812 bits per heavy atom. The van der Waals surface area contributed by atoms with E-state index < -0.39 is 191 Å². The number of ether oxygens (including phenoxy) is 5. The Morgan fingerprint density at radius 2 is 1.48 bits per heavy atom. The summed E-state index contributed by atoms with van der Waals surface area (Å²) in [5.74, 6) is -11.2. The fraction of sp³-hybridized carbons (Fsp3) is 0.529. The molecule has 2 saturated carbocycles. The van der Waals surface area contributed by atoms with E-state index >= 15 is 9.59 Å². The maximum atomic E-state index is 15.3. The van der Waals surface area contributed by atoms with Gasteiger partial charge in [0.05, 0.1) is 42.3 Å². The number of unbranched alkanes of at least 4 members (excludes halogenated alkanes) is 1. The SMILES string of the molecule is CC1=C2[C@@H](O)C(=O)[C@@]3(C)[C@H]([C@H](OC(=O)c4ccccc4)[C@](O)(C[C@@H]1OC(=O)[C@H](OC(=O)CCC(=O)NCCCCC(NC(=O)CC[C@H](CC(=O)C(C)NC(=O)/C=C/c1cccc(F)c1)C(N)=O)C(N)=O)[C@H](NC(=O)OC(C)(C)C)c1ccccc1)C2(C)C)[C@]1(C)CO[C@@H]1C[C@@H]3O. The van der Waals surface area contributed by atoms with E-state index in [0.717, 1.165) is 6.08 Å². The van der Waals surface area contributed by atoms with Gasteiger partial charge in [-0.3, -0.25) is 38.4 Å². The normalized spacial score (nSPS) is 25.8. The number of halogens is 1. The van der Waals surface area contributed by atoms with E-state index in [9.17, 15) is 62.9 Å². The van der Waals surface area contributed by atoms with Crippen LogP contribution in [0.3, 0.4) is 0 Å². The van der Waals surface area contributed by atoms with E-state index in [1.807, 2.05) is 0 Å². The highest BCUT2D eigenvalue weighted by atomic mass is 19.1. The number of alkyl carbamates (subject to hydrolysis) is 1. The van der Waals surface area contributed by atoms with Crippen molar-refractivity contribution in [3.63, 3.8) is 0 Å². The number of amides is 6. The minimum absolute atomic E-state index is 0.00666. The van der Waals surface area contributed by atoms with Crippen LogP contribution < -0.4 is 32.7 Å². The Morgan fingerprint density at radius 3 is 2.09 bits per heavy atom. The number of benzene rings is 3. The van der Waals surface area contributed by atoms with E-state index in [4.69, 9.17) is 35.2 Å². The van der Waals surface area contributed by atoms with Crippen LogP contribution in [0, 0.1) is 33.9 Å². The van der Waals surface area contributed by atoms with E-state index in [-0.39, 0.29) is 73.9 Å². The Labute approximate surface area is 556 Å². The van der Waals surface area contributed by atoms with Gasteiger partial charge in [-0.25, -0.2) is 18.8 Å². The van der Waals surface area contributed by atoms with Crippen molar-refractivity contribution in [2.24, 2.45) is 39.5 Å². The number of aliphatic hydroxyl groups excluding tert-OH is 2. The second-order valence-electron chi connectivity index (χ2n) is 27.3. The largest absolute Gasteiger partial charge is 0.455 e. The molecule has 1 heterocycles. The molecule has 6 amide bonds. The van der Waals surface area contributed by atoms with Gasteiger partial charge in [0.2, 0.25) is 35.6 Å². The molecule has 520 valence electrons. The topological polar surface area (TPSA) is 395 Å². The Bertz CT molecular complexity index is 3480. The van der Waals surface area contributed by atoms with E-state index in [2.05, 4.69) is 21.3 Å². The molecule has 2 bridgehead atoms. The summed E-state index contributed by atoms with van der Waals surface area (Å²) >= 11 is 0. The number of carbonyl (C=O) groups is 11. The maximum Gasteiger partial charge on any atom is 0.408 e. The molecule has 1 aliphatic heterocycles. The number of Topliss-reactive ketones (excluding diaryl/α,β-unsaturated/α-hetero) is 2. The summed E-state index contributed by atoms with van der Waals surface area (Å²) in [6.07, 6.45) is -10.1. The fourth-order valence-corrected chi connectivity index (χ4v) is 13.6. The number of aliphatic hydroxyl groups is 3. The quantitative estimate of drug-likeness (QED) is 0.0156. The first-order chi connectivity index (χ1) is 45.0. The summed E-state index contributed by atoms with van der Waals surface area (Å²) in [6.45, 7) is 14.2. The number of hydrogen-bond donors (Lipinski definition) is 9. The van der Waals surface area contributed by atoms with Crippen molar-refractivity contribution in [1.29, 1.82) is 0 Å². The monoisotopic (exact) mass is 1340 g/mol. The number of fused-ring (bicyclic) bond motifs is 5. The van der Waals surface area contributed by atoms with Crippen LogP contribution in [0.25, 0.3) is 6.08 Å². The fourth-order valence-electron chi connectivity index (χ4n) is 13.6.